The summed E-state index contributed by atoms with van der Waals surface area (Å²) < 4.78 is 0. The van der Waals surface area contributed by atoms with E-state index in [2.05, 4.69) is 47.1 Å². The molecule has 1 atom stereocenters. The normalized spacial score (nSPS) is 25.7. The van der Waals surface area contributed by atoms with Crippen molar-refractivity contribution >= 4 is 0 Å². The van der Waals surface area contributed by atoms with E-state index < -0.39 is 0 Å². The van der Waals surface area contributed by atoms with E-state index in [1.807, 2.05) is 0 Å². The van der Waals surface area contributed by atoms with Crippen LogP contribution in [0, 0.1) is 5.41 Å². The molecule has 0 aromatic heterocycles. The van der Waals surface area contributed by atoms with Crippen molar-refractivity contribution in [2.75, 3.05) is 45.9 Å². The molecular weight excluding hydrogens is 284 g/mol. The van der Waals surface area contributed by atoms with Crippen LogP contribution in [0.3, 0.4) is 0 Å². The second-order valence-corrected chi connectivity index (χ2v) is 7.56. The first kappa shape index (κ1) is 16.9. The molecule has 1 aromatic carbocycles. The van der Waals surface area contributed by atoms with Crippen LogP contribution in [0.4, 0.5) is 0 Å². The van der Waals surface area contributed by atoms with Gasteiger partial charge in [0.1, 0.15) is 0 Å². The number of benzene rings is 1. The van der Waals surface area contributed by atoms with Gasteiger partial charge in [-0.2, -0.15) is 0 Å². The molecular formula is C20H32N2O. The Labute approximate surface area is 141 Å². The molecule has 0 aliphatic carbocycles. The minimum Gasteiger partial charge on any atom is -0.396 e. The lowest BCUT2D eigenvalue weighted by Gasteiger charge is -2.50. The van der Waals surface area contributed by atoms with E-state index in [1.165, 1.54) is 57.5 Å². The van der Waals surface area contributed by atoms with Crippen LogP contribution in [0.5, 0.6) is 0 Å². The van der Waals surface area contributed by atoms with Gasteiger partial charge in [0, 0.05) is 26.2 Å². The van der Waals surface area contributed by atoms with Crippen molar-refractivity contribution in [2.45, 2.75) is 38.5 Å². The number of likely N-dealkylation sites (tertiary alicyclic amines) is 2. The standard InChI is InChI=1S/C20H32N2O/c1-2-21-16-19(18-7-4-3-5-8-18)15-20(17-21)9-12-22(13-10-20)11-6-14-23/h3-5,7-8,19,23H,2,6,9-17H2,1H3/t19-/m1/s1. The lowest BCUT2D eigenvalue weighted by Crippen LogP contribution is -2.51. The topological polar surface area (TPSA) is 26.7 Å². The molecule has 1 N–H and O–H groups in total. The molecule has 2 saturated heterocycles. The van der Waals surface area contributed by atoms with Gasteiger partial charge < -0.3 is 14.9 Å². The summed E-state index contributed by atoms with van der Waals surface area (Å²) >= 11 is 0. The van der Waals surface area contributed by atoms with Gasteiger partial charge in [-0.3, -0.25) is 0 Å². The molecule has 0 unspecified atom stereocenters. The highest BCUT2D eigenvalue weighted by molar-refractivity contribution is 5.21. The summed E-state index contributed by atoms with van der Waals surface area (Å²) in [5, 5.41) is 9.03. The highest BCUT2D eigenvalue weighted by Crippen LogP contribution is 2.44. The van der Waals surface area contributed by atoms with Gasteiger partial charge in [0.15, 0.2) is 0 Å². The summed E-state index contributed by atoms with van der Waals surface area (Å²) in [6.07, 6.45) is 4.90. The number of hydrogen-bond donors (Lipinski definition) is 1. The van der Waals surface area contributed by atoms with Crippen LogP contribution in [-0.4, -0.2) is 60.8 Å². The molecule has 2 fully saturated rings. The average Bonchev–Trinajstić information content (AvgIpc) is 2.62. The molecule has 23 heavy (non-hydrogen) atoms. The summed E-state index contributed by atoms with van der Waals surface area (Å²) in [5.74, 6) is 0.689. The van der Waals surface area contributed by atoms with E-state index in [0.29, 0.717) is 17.9 Å². The summed E-state index contributed by atoms with van der Waals surface area (Å²) in [4.78, 5) is 5.22. The number of hydrogen-bond acceptors (Lipinski definition) is 3. The van der Waals surface area contributed by atoms with Gasteiger partial charge in [-0.05, 0) is 62.2 Å². The number of aliphatic hydroxyl groups excluding tert-OH is 1. The van der Waals surface area contributed by atoms with Gasteiger partial charge in [-0.15, -0.1) is 0 Å². The van der Waals surface area contributed by atoms with Gasteiger partial charge >= 0.3 is 0 Å². The van der Waals surface area contributed by atoms with Gasteiger partial charge in [-0.1, -0.05) is 37.3 Å². The minimum absolute atomic E-state index is 0.321. The third-order valence-corrected chi connectivity index (χ3v) is 5.98. The first-order valence-electron chi connectivity index (χ1n) is 9.35. The van der Waals surface area contributed by atoms with E-state index >= 15 is 0 Å². The molecule has 3 heteroatoms. The Morgan fingerprint density at radius 2 is 1.87 bits per heavy atom. The van der Waals surface area contributed by atoms with E-state index in [1.54, 1.807) is 0 Å². The quantitative estimate of drug-likeness (QED) is 0.905. The molecule has 0 saturated carbocycles. The smallest absolute Gasteiger partial charge is 0.0443 e. The summed E-state index contributed by atoms with van der Waals surface area (Å²) in [6.45, 7) is 9.76. The van der Waals surface area contributed by atoms with Crippen molar-refractivity contribution in [1.82, 2.24) is 9.80 Å². The molecule has 2 aliphatic rings. The maximum atomic E-state index is 9.03. The number of piperidine rings is 2. The van der Waals surface area contributed by atoms with Crippen molar-refractivity contribution < 1.29 is 5.11 Å². The number of aliphatic hydroxyl groups is 1. The first-order valence-corrected chi connectivity index (χ1v) is 9.35. The Bertz CT molecular complexity index is 468. The van der Waals surface area contributed by atoms with Gasteiger partial charge in [0.2, 0.25) is 0 Å². The van der Waals surface area contributed by atoms with Gasteiger partial charge in [-0.25, -0.2) is 0 Å². The van der Waals surface area contributed by atoms with E-state index in [4.69, 9.17) is 5.11 Å². The average molecular weight is 316 g/mol. The maximum Gasteiger partial charge on any atom is 0.0443 e. The van der Waals surface area contributed by atoms with Crippen LogP contribution in [0.1, 0.15) is 44.1 Å². The van der Waals surface area contributed by atoms with E-state index in [9.17, 15) is 0 Å². The maximum absolute atomic E-state index is 9.03. The zero-order chi connectivity index (χ0) is 16.1. The monoisotopic (exact) mass is 316 g/mol. The van der Waals surface area contributed by atoms with Crippen molar-refractivity contribution in [3.05, 3.63) is 35.9 Å². The fourth-order valence-electron chi connectivity index (χ4n) is 4.60. The van der Waals surface area contributed by atoms with Crippen LogP contribution < -0.4 is 0 Å². The second-order valence-electron chi connectivity index (χ2n) is 7.56. The molecule has 2 heterocycles. The third kappa shape index (κ3) is 4.14. The van der Waals surface area contributed by atoms with E-state index in [-0.39, 0.29) is 0 Å². The molecule has 3 nitrogen and oxygen atoms in total. The molecule has 0 amide bonds. The largest absolute Gasteiger partial charge is 0.396 e. The number of nitrogens with zero attached hydrogens (tertiary/aromatic N) is 2. The van der Waals surface area contributed by atoms with Crippen molar-refractivity contribution in [1.29, 1.82) is 0 Å². The fraction of sp³-hybridized carbons (Fsp3) is 0.700. The van der Waals surface area contributed by atoms with Crippen LogP contribution >= 0.6 is 0 Å². The molecule has 1 aromatic rings. The van der Waals surface area contributed by atoms with Gasteiger partial charge in [0.25, 0.3) is 0 Å². The lowest BCUT2D eigenvalue weighted by molar-refractivity contribution is 0.0147. The third-order valence-electron chi connectivity index (χ3n) is 5.98. The van der Waals surface area contributed by atoms with E-state index in [0.717, 1.165) is 13.0 Å². The van der Waals surface area contributed by atoms with Crippen LogP contribution in [0.15, 0.2) is 30.3 Å². The Morgan fingerprint density at radius 3 is 2.52 bits per heavy atom. The zero-order valence-electron chi connectivity index (χ0n) is 14.6. The minimum atomic E-state index is 0.321. The number of likely N-dealkylation sites (N-methyl/N-ethyl adjacent to an activating group) is 1. The molecule has 0 bridgehead atoms. The van der Waals surface area contributed by atoms with Gasteiger partial charge in [0.05, 0.1) is 0 Å². The summed E-state index contributed by atoms with van der Waals surface area (Å²) in [5.41, 5.74) is 2.03. The summed E-state index contributed by atoms with van der Waals surface area (Å²) in [6, 6.07) is 11.1. The Hall–Kier alpha value is -0.900. The van der Waals surface area contributed by atoms with Crippen LogP contribution in [0.25, 0.3) is 0 Å². The zero-order valence-corrected chi connectivity index (χ0v) is 14.6. The first-order chi connectivity index (χ1) is 11.2. The molecule has 2 aliphatic heterocycles. The molecule has 3 rings (SSSR count). The predicted octanol–water partition coefficient (Wildman–Crippen LogP) is 2.96. The second kappa shape index (κ2) is 7.78. The molecule has 0 radical (unpaired) electrons. The predicted molar refractivity (Wildman–Crippen MR) is 95.7 cm³/mol. The SMILES string of the molecule is CCN1C[C@H](c2ccccc2)CC2(CCN(CCCO)CC2)C1. The van der Waals surface area contributed by atoms with Crippen LogP contribution in [0.2, 0.25) is 0 Å². The highest BCUT2D eigenvalue weighted by atomic mass is 16.3. The van der Waals surface area contributed by atoms with Crippen molar-refractivity contribution in [3.8, 4) is 0 Å². The number of rotatable bonds is 5. The molecule has 128 valence electrons. The Kier molecular flexibility index (Phi) is 5.73. The molecule has 1 spiro atoms. The Balaban J connectivity index is 1.67. The van der Waals surface area contributed by atoms with Crippen LogP contribution in [-0.2, 0) is 0 Å². The fourth-order valence-corrected chi connectivity index (χ4v) is 4.60. The highest BCUT2D eigenvalue weighted by Gasteiger charge is 2.41. The van der Waals surface area contributed by atoms with Crippen molar-refractivity contribution in [3.63, 3.8) is 0 Å². The lowest BCUT2D eigenvalue weighted by atomic mass is 9.68. The van der Waals surface area contributed by atoms with Crippen molar-refractivity contribution in [2.24, 2.45) is 5.41 Å². The summed E-state index contributed by atoms with van der Waals surface area (Å²) in [7, 11) is 0. The Morgan fingerprint density at radius 1 is 1.13 bits per heavy atom.